The SMILES string of the molecule is CC(C)(C)OC(=O)c1nc(-c2c(C(F)F)ccc(Cl)c2F)cnc1C(F)F. The number of ether oxygens (including phenoxy) is 1. The summed E-state index contributed by atoms with van der Waals surface area (Å²) in [5.41, 5.74) is -4.98. The smallest absolute Gasteiger partial charge is 0.359 e. The van der Waals surface area contributed by atoms with E-state index in [4.69, 9.17) is 16.3 Å². The second-order valence-electron chi connectivity index (χ2n) is 6.42. The lowest BCUT2D eigenvalue weighted by atomic mass is 10.0. The summed E-state index contributed by atoms with van der Waals surface area (Å²) in [4.78, 5) is 19.3. The molecule has 0 saturated heterocycles. The first-order valence-corrected chi connectivity index (χ1v) is 7.95. The van der Waals surface area contributed by atoms with Crippen molar-refractivity contribution in [2.45, 2.75) is 39.2 Å². The second kappa shape index (κ2) is 7.75. The first-order valence-electron chi connectivity index (χ1n) is 7.57. The molecular formula is C17H14ClF5N2O2. The molecule has 4 nitrogen and oxygen atoms in total. The van der Waals surface area contributed by atoms with E-state index in [1.165, 1.54) is 20.8 Å². The molecule has 0 amide bonds. The predicted molar refractivity (Wildman–Crippen MR) is 87.5 cm³/mol. The van der Waals surface area contributed by atoms with Gasteiger partial charge in [-0.3, -0.25) is 4.98 Å². The van der Waals surface area contributed by atoms with Gasteiger partial charge in [0.05, 0.1) is 16.9 Å². The van der Waals surface area contributed by atoms with Crippen molar-refractivity contribution >= 4 is 17.6 Å². The third-order valence-electron chi connectivity index (χ3n) is 3.22. The van der Waals surface area contributed by atoms with Gasteiger partial charge >= 0.3 is 5.97 Å². The van der Waals surface area contributed by atoms with Crippen LogP contribution in [0.25, 0.3) is 11.3 Å². The van der Waals surface area contributed by atoms with Crippen LogP contribution in [0.1, 0.15) is 55.4 Å². The van der Waals surface area contributed by atoms with Crippen molar-refractivity contribution in [2.24, 2.45) is 0 Å². The number of hydrogen-bond acceptors (Lipinski definition) is 4. The van der Waals surface area contributed by atoms with Gasteiger partial charge in [0.1, 0.15) is 11.3 Å². The van der Waals surface area contributed by atoms with Crippen LogP contribution >= 0.6 is 11.6 Å². The van der Waals surface area contributed by atoms with E-state index in [-0.39, 0.29) is 0 Å². The predicted octanol–water partition coefficient (Wildman–Crippen LogP) is 5.77. The molecule has 146 valence electrons. The molecule has 0 atom stereocenters. The summed E-state index contributed by atoms with van der Waals surface area (Å²) in [5, 5.41) is -0.479. The minimum atomic E-state index is -3.19. The molecule has 27 heavy (non-hydrogen) atoms. The Morgan fingerprint density at radius 2 is 1.78 bits per heavy atom. The van der Waals surface area contributed by atoms with Gasteiger partial charge in [-0.1, -0.05) is 17.7 Å². The summed E-state index contributed by atoms with van der Waals surface area (Å²) in [6, 6.07) is 1.80. The summed E-state index contributed by atoms with van der Waals surface area (Å²) in [6.45, 7) is 4.49. The molecule has 0 saturated carbocycles. The van der Waals surface area contributed by atoms with Gasteiger partial charge in [-0.2, -0.15) is 0 Å². The lowest BCUT2D eigenvalue weighted by molar-refractivity contribution is 0.00533. The zero-order valence-corrected chi connectivity index (χ0v) is 15.1. The molecule has 0 aliphatic heterocycles. The monoisotopic (exact) mass is 408 g/mol. The summed E-state index contributed by atoms with van der Waals surface area (Å²) < 4.78 is 72.2. The van der Waals surface area contributed by atoms with Gasteiger partial charge < -0.3 is 4.74 Å². The van der Waals surface area contributed by atoms with Crippen LogP contribution in [0.4, 0.5) is 22.0 Å². The van der Waals surface area contributed by atoms with Gasteiger partial charge in [-0.25, -0.2) is 31.7 Å². The number of halogens is 6. The number of carbonyl (C=O) groups is 1. The van der Waals surface area contributed by atoms with Crippen LogP contribution in [0.15, 0.2) is 18.3 Å². The van der Waals surface area contributed by atoms with Crippen LogP contribution in [0, 0.1) is 5.82 Å². The van der Waals surface area contributed by atoms with E-state index in [0.717, 1.165) is 12.1 Å². The van der Waals surface area contributed by atoms with Gasteiger partial charge in [0.25, 0.3) is 12.9 Å². The fraction of sp³-hybridized carbons (Fsp3) is 0.353. The van der Waals surface area contributed by atoms with Gasteiger partial charge in [-0.05, 0) is 26.8 Å². The summed E-state index contributed by atoms with van der Waals surface area (Å²) in [5.74, 6) is -2.48. The highest BCUT2D eigenvalue weighted by atomic mass is 35.5. The van der Waals surface area contributed by atoms with E-state index in [1.807, 2.05) is 0 Å². The molecule has 0 spiro atoms. The first kappa shape index (κ1) is 21.0. The molecule has 0 aliphatic carbocycles. The lowest BCUT2D eigenvalue weighted by Gasteiger charge is -2.20. The Labute approximate surface area is 156 Å². The standard InChI is InChI=1S/C17H14ClF5N2O2/c1-17(2,3)27-16(26)13-12(15(22)23)24-6-9(25-13)10-7(14(20)21)4-5-8(18)11(10)19/h4-6,14-15H,1-3H3. The van der Waals surface area contributed by atoms with Crippen LogP contribution in [-0.4, -0.2) is 21.5 Å². The van der Waals surface area contributed by atoms with E-state index in [9.17, 15) is 26.7 Å². The number of hydrogen-bond donors (Lipinski definition) is 0. The Balaban J connectivity index is 2.70. The van der Waals surface area contributed by atoms with Crippen LogP contribution < -0.4 is 0 Å². The van der Waals surface area contributed by atoms with Crippen molar-refractivity contribution in [1.29, 1.82) is 0 Å². The molecule has 1 heterocycles. The van der Waals surface area contributed by atoms with Crippen LogP contribution in [0.5, 0.6) is 0 Å². The maximum Gasteiger partial charge on any atom is 0.359 e. The Morgan fingerprint density at radius 3 is 2.30 bits per heavy atom. The van der Waals surface area contributed by atoms with Crippen molar-refractivity contribution in [1.82, 2.24) is 9.97 Å². The number of aromatic nitrogens is 2. The van der Waals surface area contributed by atoms with Crippen molar-refractivity contribution in [3.8, 4) is 11.3 Å². The first-order chi connectivity index (χ1) is 12.4. The van der Waals surface area contributed by atoms with E-state index >= 15 is 0 Å². The van der Waals surface area contributed by atoms with Gasteiger partial charge in [0, 0.05) is 11.1 Å². The molecule has 0 bridgehead atoms. The summed E-state index contributed by atoms with van der Waals surface area (Å²) in [6.07, 6.45) is -5.61. The van der Waals surface area contributed by atoms with Gasteiger partial charge in [0.2, 0.25) is 0 Å². The minimum absolute atomic E-state index is 0.479. The van der Waals surface area contributed by atoms with E-state index in [2.05, 4.69) is 9.97 Å². The molecule has 0 aliphatic rings. The van der Waals surface area contributed by atoms with Gasteiger partial charge in [-0.15, -0.1) is 0 Å². The van der Waals surface area contributed by atoms with Crippen LogP contribution in [-0.2, 0) is 4.74 Å². The quantitative estimate of drug-likeness (QED) is 0.476. The van der Waals surface area contributed by atoms with Gasteiger partial charge in [0.15, 0.2) is 11.5 Å². The molecular weight excluding hydrogens is 395 g/mol. The third-order valence-corrected chi connectivity index (χ3v) is 3.51. The molecule has 0 fully saturated rings. The fourth-order valence-electron chi connectivity index (χ4n) is 2.16. The zero-order valence-electron chi connectivity index (χ0n) is 14.4. The number of rotatable bonds is 4. The fourth-order valence-corrected chi connectivity index (χ4v) is 2.32. The molecule has 1 aromatic heterocycles. The Hall–Kier alpha value is -2.29. The highest BCUT2D eigenvalue weighted by Crippen LogP contribution is 2.36. The van der Waals surface area contributed by atoms with Crippen molar-refractivity contribution in [2.75, 3.05) is 0 Å². The van der Waals surface area contributed by atoms with Crippen molar-refractivity contribution in [3.05, 3.63) is 46.1 Å². The highest BCUT2D eigenvalue weighted by Gasteiger charge is 2.29. The second-order valence-corrected chi connectivity index (χ2v) is 6.83. The molecule has 0 unspecified atom stereocenters. The number of benzene rings is 1. The van der Waals surface area contributed by atoms with Crippen molar-refractivity contribution < 1.29 is 31.5 Å². The Morgan fingerprint density at radius 1 is 1.15 bits per heavy atom. The minimum Gasteiger partial charge on any atom is -0.455 e. The van der Waals surface area contributed by atoms with E-state index < -0.39 is 63.5 Å². The van der Waals surface area contributed by atoms with Crippen LogP contribution in [0.2, 0.25) is 5.02 Å². The third kappa shape index (κ3) is 4.71. The Kier molecular flexibility index (Phi) is 6.04. The molecule has 1 aromatic carbocycles. The maximum absolute atomic E-state index is 14.4. The topological polar surface area (TPSA) is 52.1 Å². The Bertz CT molecular complexity index is 869. The molecule has 2 rings (SSSR count). The van der Waals surface area contributed by atoms with E-state index in [1.54, 1.807) is 0 Å². The zero-order chi connectivity index (χ0) is 20.5. The normalized spacial score (nSPS) is 12.0. The number of nitrogens with zero attached hydrogens (tertiary/aromatic N) is 2. The van der Waals surface area contributed by atoms with E-state index in [0.29, 0.717) is 6.20 Å². The largest absolute Gasteiger partial charge is 0.455 e. The van der Waals surface area contributed by atoms with Crippen LogP contribution in [0.3, 0.4) is 0 Å². The number of carbonyl (C=O) groups excluding carboxylic acids is 1. The maximum atomic E-state index is 14.4. The molecule has 0 radical (unpaired) electrons. The average molecular weight is 409 g/mol. The van der Waals surface area contributed by atoms with Crippen molar-refractivity contribution in [3.63, 3.8) is 0 Å². The number of esters is 1. The molecule has 10 heteroatoms. The highest BCUT2D eigenvalue weighted by molar-refractivity contribution is 6.31. The molecule has 2 aromatic rings. The molecule has 0 N–H and O–H groups in total. The summed E-state index contributed by atoms with van der Waals surface area (Å²) >= 11 is 5.63. The summed E-state index contributed by atoms with van der Waals surface area (Å²) in [7, 11) is 0. The number of alkyl halides is 4. The lowest BCUT2D eigenvalue weighted by Crippen LogP contribution is -2.26. The average Bonchev–Trinajstić information content (AvgIpc) is 2.54.